The van der Waals surface area contributed by atoms with Gasteiger partial charge in [-0.1, -0.05) is 12.7 Å². The van der Waals surface area contributed by atoms with E-state index in [1.165, 1.54) is 0 Å². The first-order valence-electron chi connectivity index (χ1n) is 4.02. The van der Waals surface area contributed by atoms with Crippen LogP contribution in [0.15, 0.2) is 30.9 Å². The first-order valence-corrected chi connectivity index (χ1v) is 4.02. The Morgan fingerprint density at radius 3 is 3.00 bits per heavy atom. The maximum absolute atomic E-state index is 9.32. The molecule has 0 bridgehead atoms. The number of hydrogen-bond acceptors (Lipinski definition) is 3. The molecule has 0 amide bonds. The van der Waals surface area contributed by atoms with Crippen molar-refractivity contribution in [3.63, 3.8) is 0 Å². The van der Waals surface area contributed by atoms with Gasteiger partial charge in [0, 0.05) is 13.1 Å². The van der Waals surface area contributed by atoms with Gasteiger partial charge in [-0.25, -0.2) is 0 Å². The molecule has 3 nitrogen and oxygen atoms in total. The lowest BCUT2D eigenvalue weighted by molar-refractivity contribution is 0.362. The van der Waals surface area contributed by atoms with Gasteiger partial charge in [0.15, 0.2) is 0 Å². The summed E-state index contributed by atoms with van der Waals surface area (Å²) in [4.78, 5) is 0. The number of phenolic OH excluding ortho intramolecular Hbond substituents is 1. The Bertz CT molecular complexity index is 297. The zero-order chi connectivity index (χ0) is 9.68. The average Bonchev–Trinajstić information content (AvgIpc) is 2.16. The summed E-state index contributed by atoms with van der Waals surface area (Å²) in [6.07, 6.45) is 1.67. The Kier molecular flexibility index (Phi) is 3.20. The minimum atomic E-state index is 0.216. The van der Waals surface area contributed by atoms with Crippen molar-refractivity contribution in [3.8, 4) is 11.5 Å². The molecule has 3 heteroatoms. The van der Waals surface area contributed by atoms with Gasteiger partial charge < -0.3 is 15.2 Å². The van der Waals surface area contributed by atoms with E-state index in [0.717, 1.165) is 0 Å². The van der Waals surface area contributed by atoms with Crippen LogP contribution in [0, 0.1) is 0 Å². The quantitative estimate of drug-likeness (QED) is 0.548. The molecular formula is C10H13NO2. The van der Waals surface area contributed by atoms with Crippen LogP contribution in [-0.2, 0) is 0 Å². The zero-order valence-corrected chi connectivity index (χ0v) is 7.58. The highest BCUT2D eigenvalue weighted by Crippen LogP contribution is 2.27. The molecule has 0 radical (unpaired) electrons. The molecule has 0 unspecified atom stereocenters. The molecule has 13 heavy (non-hydrogen) atoms. The first-order chi connectivity index (χ1) is 6.27. The third-order valence-electron chi connectivity index (χ3n) is 1.61. The van der Waals surface area contributed by atoms with Gasteiger partial charge in [-0.2, -0.15) is 0 Å². The van der Waals surface area contributed by atoms with Gasteiger partial charge in [-0.3, -0.25) is 0 Å². The summed E-state index contributed by atoms with van der Waals surface area (Å²) >= 11 is 0. The molecule has 0 aliphatic rings. The second kappa shape index (κ2) is 4.40. The van der Waals surface area contributed by atoms with E-state index in [2.05, 4.69) is 11.9 Å². The molecule has 0 atom stereocenters. The molecule has 0 aromatic heterocycles. The molecule has 0 spiro atoms. The second-order valence-corrected chi connectivity index (χ2v) is 2.53. The number of anilines is 1. The molecule has 0 aliphatic heterocycles. The van der Waals surface area contributed by atoms with Crippen LogP contribution in [0.5, 0.6) is 11.5 Å². The van der Waals surface area contributed by atoms with E-state index in [4.69, 9.17) is 4.74 Å². The number of aromatic hydroxyl groups is 1. The maximum atomic E-state index is 9.32. The summed E-state index contributed by atoms with van der Waals surface area (Å²) in [6, 6.07) is 5.03. The van der Waals surface area contributed by atoms with Crippen LogP contribution >= 0.6 is 0 Å². The zero-order valence-electron chi connectivity index (χ0n) is 7.58. The van der Waals surface area contributed by atoms with Crippen LogP contribution in [0.4, 0.5) is 5.69 Å². The van der Waals surface area contributed by atoms with E-state index >= 15 is 0 Å². The Morgan fingerprint density at radius 1 is 1.62 bits per heavy atom. The molecule has 1 aromatic rings. The smallest absolute Gasteiger partial charge is 0.138 e. The third kappa shape index (κ3) is 2.40. The second-order valence-electron chi connectivity index (χ2n) is 2.53. The topological polar surface area (TPSA) is 41.5 Å². The SMILES string of the molecule is C=CCOc1ccc(O)c(NC)c1. The van der Waals surface area contributed by atoms with Crippen LogP contribution in [0.1, 0.15) is 0 Å². The van der Waals surface area contributed by atoms with E-state index < -0.39 is 0 Å². The van der Waals surface area contributed by atoms with Crippen molar-refractivity contribution in [3.05, 3.63) is 30.9 Å². The van der Waals surface area contributed by atoms with Gasteiger partial charge >= 0.3 is 0 Å². The number of benzene rings is 1. The van der Waals surface area contributed by atoms with Crippen LogP contribution in [0.2, 0.25) is 0 Å². The Labute approximate surface area is 77.7 Å². The highest BCUT2D eigenvalue weighted by molar-refractivity contribution is 5.58. The Hall–Kier alpha value is -1.64. The predicted molar refractivity (Wildman–Crippen MR) is 53.3 cm³/mol. The maximum Gasteiger partial charge on any atom is 0.138 e. The number of hydrogen-bond donors (Lipinski definition) is 2. The molecule has 0 fully saturated rings. The Morgan fingerprint density at radius 2 is 2.38 bits per heavy atom. The van der Waals surface area contributed by atoms with Crippen LogP contribution in [0.3, 0.4) is 0 Å². The molecule has 1 rings (SSSR count). The fourth-order valence-electron chi connectivity index (χ4n) is 0.960. The van der Waals surface area contributed by atoms with Crippen molar-refractivity contribution in [2.45, 2.75) is 0 Å². The molecule has 0 aliphatic carbocycles. The van der Waals surface area contributed by atoms with E-state index in [1.54, 1.807) is 31.3 Å². The largest absolute Gasteiger partial charge is 0.506 e. The van der Waals surface area contributed by atoms with Crippen molar-refractivity contribution in [1.29, 1.82) is 0 Å². The van der Waals surface area contributed by atoms with Crippen LogP contribution in [0.25, 0.3) is 0 Å². The Balaban J connectivity index is 2.79. The molecular weight excluding hydrogens is 166 g/mol. The molecule has 0 heterocycles. The summed E-state index contributed by atoms with van der Waals surface area (Å²) in [5.74, 6) is 0.926. The van der Waals surface area contributed by atoms with Crippen molar-refractivity contribution < 1.29 is 9.84 Å². The third-order valence-corrected chi connectivity index (χ3v) is 1.61. The fraction of sp³-hybridized carbons (Fsp3) is 0.200. The fourth-order valence-corrected chi connectivity index (χ4v) is 0.960. The lowest BCUT2D eigenvalue weighted by Gasteiger charge is -2.07. The van der Waals surface area contributed by atoms with Gasteiger partial charge in [0.25, 0.3) is 0 Å². The number of phenols is 1. The van der Waals surface area contributed by atoms with Crippen molar-refractivity contribution >= 4 is 5.69 Å². The standard InChI is InChI=1S/C10H13NO2/c1-3-6-13-8-4-5-10(12)9(7-8)11-2/h3-5,7,11-12H,1,6H2,2H3. The van der Waals surface area contributed by atoms with E-state index in [0.29, 0.717) is 18.0 Å². The van der Waals surface area contributed by atoms with Crippen molar-refractivity contribution in [2.75, 3.05) is 19.0 Å². The molecule has 1 aromatic carbocycles. The number of ether oxygens (including phenoxy) is 1. The van der Waals surface area contributed by atoms with Crippen LogP contribution < -0.4 is 10.1 Å². The summed E-state index contributed by atoms with van der Waals surface area (Å²) < 4.78 is 5.28. The van der Waals surface area contributed by atoms with Gasteiger partial charge in [0.05, 0.1) is 5.69 Å². The summed E-state index contributed by atoms with van der Waals surface area (Å²) in [5, 5.41) is 12.2. The normalized spacial score (nSPS) is 9.31. The minimum absolute atomic E-state index is 0.216. The molecule has 2 N–H and O–H groups in total. The van der Waals surface area contributed by atoms with Gasteiger partial charge in [-0.05, 0) is 12.1 Å². The van der Waals surface area contributed by atoms with E-state index in [1.807, 2.05) is 0 Å². The molecule has 70 valence electrons. The summed E-state index contributed by atoms with van der Waals surface area (Å²) in [7, 11) is 1.74. The van der Waals surface area contributed by atoms with Gasteiger partial charge in [-0.15, -0.1) is 0 Å². The first kappa shape index (κ1) is 9.45. The number of nitrogens with one attached hydrogen (secondary N) is 1. The summed E-state index contributed by atoms with van der Waals surface area (Å²) in [5.41, 5.74) is 0.654. The minimum Gasteiger partial charge on any atom is -0.506 e. The van der Waals surface area contributed by atoms with Gasteiger partial charge in [0.2, 0.25) is 0 Å². The van der Waals surface area contributed by atoms with Crippen molar-refractivity contribution in [1.82, 2.24) is 0 Å². The number of rotatable bonds is 4. The monoisotopic (exact) mass is 179 g/mol. The van der Waals surface area contributed by atoms with Gasteiger partial charge in [0.1, 0.15) is 18.1 Å². The van der Waals surface area contributed by atoms with E-state index in [9.17, 15) is 5.11 Å². The predicted octanol–water partition coefficient (Wildman–Crippen LogP) is 2.00. The molecule has 0 saturated heterocycles. The highest BCUT2D eigenvalue weighted by atomic mass is 16.5. The average molecular weight is 179 g/mol. The van der Waals surface area contributed by atoms with E-state index in [-0.39, 0.29) is 5.75 Å². The summed E-state index contributed by atoms with van der Waals surface area (Å²) in [6.45, 7) is 4.01. The molecule has 0 saturated carbocycles. The highest BCUT2D eigenvalue weighted by Gasteiger charge is 2.00. The lowest BCUT2D eigenvalue weighted by atomic mass is 10.3. The van der Waals surface area contributed by atoms with Crippen molar-refractivity contribution in [2.24, 2.45) is 0 Å². The lowest BCUT2D eigenvalue weighted by Crippen LogP contribution is -1.94. The van der Waals surface area contributed by atoms with Crippen LogP contribution in [-0.4, -0.2) is 18.8 Å².